The molecular weight excluding hydrogens is 545 g/mol. The molecule has 214 valence electrons. The Balaban J connectivity index is 0.000000682. The molecule has 1 aromatic heterocycles. The SMILES string of the molecule is F[B-](F)(F)F.c1ccc(CC[n+]2c(-c3ccccc3)c(-c3ccccc3)cc(-c3ccccc3)c2-c2ccccc2)cc1. The fourth-order valence-electron chi connectivity index (χ4n) is 5.28. The Bertz CT molecular complexity index is 1620. The van der Waals surface area contributed by atoms with Gasteiger partial charge in [0.1, 0.15) is 0 Å². The zero-order chi connectivity index (χ0) is 30.1. The number of nitrogens with zero attached hydrogens (tertiary/aromatic N) is 1. The molecule has 0 unspecified atom stereocenters. The number of benzene rings is 5. The molecule has 0 aliphatic carbocycles. The van der Waals surface area contributed by atoms with E-state index in [4.69, 9.17) is 0 Å². The number of halogens is 4. The zero-order valence-corrected chi connectivity index (χ0v) is 23.5. The van der Waals surface area contributed by atoms with Gasteiger partial charge in [0.15, 0.2) is 6.54 Å². The van der Waals surface area contributed by atoms with Crippen molar-refractivity contribution in [2.45, 2.75) is 13.0 Å². The Morgan fingerprint density at radius 2 is 0.721 bits per heavy atom. The van der Waals surface area contributed by atoms with Crippen LogP contribution >= 0.6 is 0 Å². The summed E-state index contributed by atoms with van der Waals surface area (Å²) in [4.78, 5) is 0. The van der Waals surface area contributed by atoms with Gasteiger partial charge in [0, 0.05) is 17.5 Å². The van der Waals surface area contributed by atoms with Crippen molar-refractivity contribution in [2.75, 3.05) is 0 Å². The average Bonchev–Trinajstić information content (AvgIpc) is 3.04. The molecular formula is C37H30BF4N. The van der Waals surface area contributed by atoms with Crippen LogP contribution in [0.3, 0.4) is 0 Å². The smallest absolute Gasteiger partial charge is 0.418 e. The first-order valence-corrected chi connectivity index (χ1v) is 14.1. The first-order chi connectivity index (χ1) is 20.9. The maximum absolute atomic E-state index is 9.75. The van der Waals surface area contributed by atoms with Crippen molar-refractivity contribution in [2.24, 2.45) is 0 Å². The van der Waals surface area contributed by atoms with Gasteiger partial charge < -0.3 is 17.3 Å². The van der Waals surface area contributed by atoms with Crippen LogP contribution in [0.15, 0.2) is 158 Å². The predicted molar refractivity (Wildman–Crippen MR) is 169 cm³/mol. The van der Waals surface area contributed by atoms with Crippen LogP contribution in [0.1, 0.15) is 5.56 Å². The van der Waals surface area contributed by atoms with Crippen molar-refractivity contribution in [3.05, 3.63) is 163 Å². The highest BCUT2D eigenvalue weighted by molar-refractivity contribution is 6.50. The van der Waals surface area contributed by atoms with E-state index in [-0.39, 0.29) is 0 Å². The van der Waals surface area contributed by atoms with Gasteiger partial charge in [-0.05, 0) is 47.0 Å². The molecule has 0 saturated carbocycles. The fourth-order valence-corrected chi connectivity index (χ4v) is 5.28. The summed E-state index contributed by atoms with van der Waals surface area (Å²) in [5, 5.41) is 0. The number of pyridine rings is 1. The lowest BCUT2D eigenvalue weighted by atomic mass is 9.91. The minimum atomic E-state index is -6.00. The molecule has 0 atom stereocenters. The van der Waals surface area contributed by atoms with E-state index in [9.17, 15) is 17.3 Å². The lowest BCUT2D eigenvalue weighted by Gasteiger charge is -2.18. The first kappa shape index (κ1) is 29.5. The van der Waals surface area contributed by atoms with E-state index in [1.54, 1.807) is 0 Å². The summed E-state index contributed by atoms with van der Waals surface area (Å²) in [6, 6.07) is 56.5. The van der Waals surface area contributed by atoms with Crippen molar-refractivity contribution >= 4 is 7.25 Å². The highest BCUT2D eigenvalue weighted by atomic mass is 19.5. The Hall–Kier alpha value is -4.97. The van der Waals surface area contributed by atoms with Crippen molar-refractivity contribution < 1.29 is 21.8 Å². The summed E-state index contributed by atoms with van der Waals surface area (Å²) in [5.74, 6) is 0. The molecule has 6 rings (SSSR count). The number of aromatic nitrogens is 1. The van der Waals surface area contributed by atoms with Crippen LogP contribution in [0.2, 0.25) is 0 Å². The van der Waals surface area contributed by atoms with E-state index in [1.165, 1.54) is 50.3 Å². The van der Waals surface area contributed by atoms with Gasteiger partial charge in [-0.1, -0.05) is 127 Å². The van der Waals surface area contributed by atoms with Crippen molar-refractivity contribution in [3.63, 3.8) is 0 Å². The Kier molecular flexibility index (Phi) is 9.47. The lowest BCUT2D eigenvalue weighted by Crippen LogP contribution is -2.41. The van der Waals surface area contributed by atoms with E-state index < -0.39 is 7.25 Å². The largest absolute Gasteiger partial charge is 0.673 e. The van der Waals surface area contributed by atoms with Crippen LogP contribution in [-0.2, 0) is 13.0 Å². The van der Waals surface area contributed by atoms with Crippen molar-refractivity contribution in [1.29, 1.82) is 0 Å². The molecule has 0 radical (unpaired) electrons. The van der Waals surface area contributed by atoms with E-state index in [1.807, 2.05) is 0 Å². The summed E-state index contributed by atoms with van der Waals surface area (Å²) in [5.41, 5.74) is 11.2. The summed E-state index contributed by atoms with van der Waals surface area (Å²) in [6.45, 7) is 0.860. The molecule has 0 N–H and O–H groups in total. The van der Waals surface area contributed by atoms with Crippen molar-refractivity contribution in [3.8, 4) is 44.8 Å². The maximum atomic E-state index is 9.75. The molecule has 0 saturated heterocycles. The molecule has 5 aromatic carbocycles. The molecule has 1 heterocycles. The lowest BCUT2D eigenvalue weighted by molar-refractivity contribution is -0.674. The minimum Gasteiger partial charge on any atom is -0.418 e. The first-order valence-electron chi connectivity index (χ1n) is 14.1. The highest BCUT2D eigenvalue weighted by Crippen LogP contribution is 2.38. The monoisotopic (exact) mass is 575 g/mol. The van der Waals surface area contributed by atoms with Gasteiger partial charge in [0.2, 0.25) is 11.4 Å². The van der Waals surface area contributed by atoms with Gasteiger partial charge in [-0.25, -0.2) is 0 Å². The summed E-state index contributed by atoms with van der Waals surface area (Å²) in [6.07, 6.45) is 0.942. The number of hydrogen-bond donors (Lipinski definition) is 0. The predicted octanol–water partition coefficient (Wildman–Crippen LogP) is 10.2. The van der Waals surface area contributed by atoms with Gasteiger partial charge >= 0.3 is 7.25 Å². The highest BCUT2D eigenvalue weighted by Gasteiger charge is 2.29. The third kappa shape index (κ3) is 7.86. The molecule has 0 aliphatic heterocycles. The molecule has 6 aromatic rings. The van der Waals surface area contributed by atoms with Gasteiger partial charge in [-0.15, -0.1) is 0 Å². The van der Waals surface area contributed by atoms with Gasteiger partial charge in [-0.2, -0.15) is 4.57 Å². The Morgan fingerprint density at radius 3 is 1.07 bits per heavy atom. The van der Waals surface area contributed by atoms with E-state index in [0.717, 1.165) is 13.0 Å². The molecule has 0 aliphatic rings. The van der Waals surface area contributed by atoms with Crippen LogP contribution in [0, 0.1) is 0 Å². The number of aryl methyl sites for hydroxylation is 1. The van der Waals surface area contributed by atoms with Crippen molar-refractivity contribution in [1.82, 2.24) is 0 Å². The Morgan fingerprint density at radius 1 is 0.419 bits per heavy atom. The second-order valence-electron chi connectivity index (χ2n) is 10.0. The minimum absolute atomic E-state index is 0.860. The van der Waals surface area contributed by atoms with Gasteiger partial charge in [-0.3, -0.25) is 0 Å². The molecule has 43 heavy (non-hydrogen) atoms. The summed E-state index contributed by atoms with van der Waals surface area (Å²) < 4.78 is 41.6. The van der Waals surface area contributed by atoms with Crippen LogP contribution in [0.5, 0.6) is 0 Å². The van der Waals surface area contributed by atoms with Gasteiger partial charge in [0.25, 0.3) is 0 Å². The zero-order valence-electron chi connectivity index (χ0n) is 23.5. The molecule has 1 nitrogen and oxygen atoms in total. The molecule has 0 fully saturated rings. The Labute approximate surface area is 249 Å². The van der Waals surface area contributed by atoms with E-state index >= 15 is 0 Å². The average molecular weight is 575 g/mol. The maximum Gasteiger partial charge on any atom is 0.673 e. The van der Waals surface area contributed by atoms with Crippen LogP contribution in [0.4, 0.5) is 17.3 Å². The summed E-state index contributed by atoms with van der Waals surface area (Å²) >= 11 is 0. The molecule has 0 spiro atoms. The normalized spacial score (nSPS) is 11.0. The molecule has 0 amide bonds. The van der Waals surface area contributed by atoms with Crippen LogP contribution < -0.4 is 4.57 Å². The third-order valence-electron chi connectivity index (χ3n) is 7.07. The number of hydrogen-bond acceptors (Lipinski definition) is 0. The van der Waals surface area contributed by atoms with E-state index in [2.05, 4.69) is 162 Å². The molecule has 6 heteroatoms. The van der Waals surface area contributed by atoms with E-state index in [0.29, 0.717) is 0 Å². The standard InChI is InChI=1S/C37H30N.BF4/c1-6-16-29(17-7-1)26-27-38-36(32-22-12-4-13-23-32)34(30-18-8-2-9-19-30)28-35(31-20-10-3-11-21-31)37(38)33-24-14-5-15-25-33;2-1(3,4)5/h1-25,28H,26-27H2;/q+1;-1. The quantitative estimate of drug-likeness (QED) is 0.101. The van der Waals surface area contributed by atoms with Crippen LogP contribution in [0.25, 0.3) is 44.8 Å². The van der Waals surface area contributed by atoms with Crippen LogP contribution in [-0.4, -0.2) is 7.25 Å². The third-order valence-corrected chi connectivity index (χ3v) is 7.07. The molecule has 0 bridgehead atoms. The second kappa shape index (κ2) is 13.8. The topological polar surface area (TPSA) is 3.88 Å². The second-order valence-corrected chi connectivity index (χ2v) is 10.0. The fraction of sp³-hybridized carbons (Fsp3) is 0.0541. The van der Waals surface area contributed by atoms with Gasteiger partial charge in [0.05, 0.1) is 11.1 Å². The number of rotatable bonds is 7. The summed E-state index contributed by atoms with van der Waals surface area (Å²) in [7, 11) is -6.00.